The Kier molecular flexibility index (Phi) is 13.2. The Labute approximate surface area is 281 Å². The fourth-order valence-electron chi connectivity index (χ4n) is 9.91. The second-order valence-electron chi connectivity index (χ2n) is 17.6. The lowest BCUT2D eigenvalue weighted by atomic mass is 9.57. The minimum Gasteiger partial charge on any atom is -0.392 e. The standard InChI is InChI=1S/C39H69NO6/c1-22-11-15-31(33-21-45-26(5)13-17-29(22)33)28(7)37(42)34(40-46-38(43)39(8,9)10)19-35(41)27(6)32-16-12-23(2)30-18-14-25(4)44-20-24(3)36(30)32/h22-33,35-37,41-42H,11-21H2,1-10H3. The molecular formula is C39H69NO6. The van der Waals surface area contributed by atoms with Crippen LogP contribution in [0.25, 0.3) is 0 Å². The maximum absolute atomic E-state index is 12.8. The average molecular weight is 648 g/mol. The van der Waals surface area contributed by atoms with E-state index in [1.165, 1.54) is 12.8 Å². The van der Waals surface area contributed by atoms with E-state index in [0.717, 1.165) is 51.7 Å². The zero-order valence-electron chi connectivity index (χ0n) is 30.9. The molecule has 2 saturated carbocycles. The van der Waals surface area contributed by atoms with Gasteiger partial charge in [-0.15, -0.1) is 0 Å². The van der Waals surface area contributed by atoms with Crippen LogP contribution in [0.4, 0.5) is 0 Å². The van der Waals surface area contributed by atoms with Gasteiger partial charge in [0.05, 0.1) is 42.1 Å². The number of carbonyl (C=O) groups is 1. The number of carbonyl (C=O) groups excluding carboxylic acids is 1. The Morgan fingerprint density at radius 2 is 1.30 bits per heavy atom. The van der Waals surface area contributed by atoms with Crippen LogP contribution in [0.3, 0.4) is 0 Å². The first-order valence-electron chi connectivity index (χ1n) is 19.0. The van der Waals surface area contributed by atoms with E-state index in [-0.39, 0.29) is 30.3 Å². The van der Waals surface area contributed by atoms with Gasteiger partial charge in [0.2, 0.25) is 0 Å². The van der Waals surface area contributed by atoms with Gasteiger partial charge in [-0.05, 0) is 138 Å². The molecule has 15 atom stereocenters. The maximum Gasteiger partial charge on any atom is 0.340 e. The van der Waals surface area contributed by atoms with E-state index in [2.05, 4.69) is 53.6 Å². The molecule has 0 bridgehead atoms. The SMILES string of the molecule is CC1CCC2C(C)CCC(C(C)C(O)CC(=NOC(=O)C(C)(C)C)C(O)C(C)C3CCC(C)C4CCC(C)OCC43)C2C(C)CO1. The van der Waals surface area contributed by atoms with Gasteiger partial charge in [-0.1, -0.05) is 52.6 Å². The van der Waals surface area contributed by atoms with Crippen molar-refractivity contribution < 1.29 is 29.3 Å². The van der Waals surface area contributed by atoms with Crippen LogP contribution in [0.5, 0.6) is 0 Å². The lowest BCUT2D eigenvalue weighted by Gasteiger charge is -2.49. The molecule has 4 fully saturated rings. The Bertz CT molecular complexity index is 1010. The molecule has 0 aromatic carbocycles. The van der Waals surface area contributed by atoms with Gasteiger partial charge in [0.1, 0.15) is 0 Å². The summed E-state index contributed by atoms with van der Waals surface area (Å²) >= 11 is 0. The van der Waals surface area contributed by atoms with E-state index in [1.807, 2.05) is 0 Å². The Morgan fingerprint density at radius 1 is 0.739 bits per heavy atom. The van der Waals surface area contributed by atoms with Crippen LogP contribution in [-0.2, 0) is 19.1 Å². The fourth-order valence-corrected chi connectivity index (χ4v) is 9.91. The summed E-state index contributed by atoms with van der Waals surface area (Å²) in [7, 11) is 0. The van der Waals surface area contributed by atoms with Gasteiger partial charge in [-0.3, -0.25) is 0 Å². The van der Waals surface area contributed by atoms with E-state index < -0.39 is 23.6 Å². The molecule has 15 unspecified atom stereocenters. The Morgan fingerprint density at radius 3 is 1.93 bits per heavy atom. The van der Waals surface area contributed by atoms with E-state index in [1.54, 1.807) is 20.8 Å². The Hall–Kier alpha value is -1.02. The van der Waals surface area contributed by atoms with Crippen molar-refractivity contribution in [2.75, 3.05) is 13.2 Å². The highest BCUT2D eigenvalue weighted by atomic mass is 16.7. The van der Waals surface area contributed by atoms with Crippen molar-refractivity contribution in [3.8, 4) is 0 Å². The normalized spacial score (nSPS) is 40.6. The number of rotatable bonds is 8. The van der Waals surface area contributed by atoms with Crippen molar-refractivity contribution >= 4 is 11.7 Å². The van der Waals surface area contributed by atoms with Crippen LogP contribution in [0, 0.1) is 70.5 Å². The molecule has 2 N–H and O–H groups in total. The van der Waals surface area contributed by atoms with Crippen LogP contribution >= 0.6 is 0 Å². The third-order valence-corrected chi connectivity index (χ3v) is 13.2. The van der Waals surface area contributed by atoms with Crippen molar-refractivity contribution in [2.45, 2.75) is 151 Å². The fraction of sp³-hybridized carbons (Fsp3) is 0.949. The summed E-state index contributed by atoms with van der Waals surface area (Å²) < 4.78 is 12.5. The second-order valence-corrected chi connectivity index (χ2v) is 17.6. The van der Waals surface area contributed by atoms with Crippen LogP contribution < -0.4 is 0 Å². The number of fused-ring (bicyclic) bond motifs is 2. The lowest BCUT2D eigenvalue weighted by molar-refractivity contribution is -0.153. The number of aliphatic hydroxyl groups is 2. The second kappa shape index (κ2) is 16.1. The molecule has 4 rings (SSSR count). The molecule has 4 aliphatic rings. The number of oxime groups is 1. The molecule has 0 radical (unpaired) electrons. The van der Waals surface area contributed by atoms with Gasteiger partial charge in [0.25, 0.3) is 0 Å². The van der Waals surface area contributed by atoms with Gasteiger partial charge in [-0.25, -0.2) is 4.79 Å². The van der Waals surface area contributed by atoms with Crippen molar-refractivity contribution in [3.63, 3.8) is 0 Å². The summed E-state index contributed by atoms with van der Waals surface area (Å²) in [5, 5.41) is 28.3. The number of nitrogens with zero attached hydrogens (tertiary/aromatic N) is 1. The summed E-state index contributed by atoms with van der Waals surface area (Å²) in [6.07, 6.45) is 8.10. The zero-order chi connectivity index (χ0) is 33.9. The van der Waals surface area contributed by atoms with Crippen molar-refractivity contribution in [1.82, 2.24) is 0 Å². The smallest absolute Gasteiger partial charge is 0.340 e. The molecule has 46 heavy (non-hydrogen) atoms. The van der Waals surface area contributed by atoms with Gasteiger partial charge in [0, 0.05) is 13.0 Å². The first-order chi connectivity index (χ1) is 21.6. The molecule has 2 heterocycles. The molecule has 2 aliphatic heterocycles. The van der Waals surface area contributed by atoms with E-state index in [9.17, 15) is 15.0 Å². The zero-order valence-corrected chi connectivity index (χ0v) is 30.9. The molecular weight excluding hydrogens is 578 g/mol. The number of hydrogen-bond donors (Lipinski definition) is 2. The minimum atomic E-state index is -0.913. The highest BCUT2D eigenvalue weighted by molar-refractivity contribution is 5.89. The first-order valence-corrected chi connectivity index (χ1v) is 19.0. The van der Waals surface area contributed by atoms with Crippen LogP contribution in [0.1, 0.15) is 127 Å². The van der Waals surface area contributed by atoms with Crippen LogP contribution in [0.2, 0.25) is 0 Å². The number of aliphatic hydroxyl groups excluding tert-OH is 2. The summed E-state index contributed by atoms with van der Waals surface area (Å²) in [5.41, 5.74) is -0.328. The average Bonchev–Trinajstić information content (AvgIpc) is 3.20. The molecule has 0 aromatic rings. The van der Waals surface area contributed by atoms with Crippen molar-refractivity contribution in [3.05, 3.63) is 0 Å². The summed E-state index contributed by atoms with van der Waals surface area (Å²) in [6, 6.07) is 0. The molecule has 0 aromatic heterocycles. The third-order valence-electron chi connectivity index (χ3n) is 13.2. The number of ether oxygens (including phenoxy) is 2. The number of hydrogen-bond acceptors (Lipinski definition) is 7. The van der Waals surface area contributed by atoms with Gasteiger partial charge < -0.3 is 24.5 Å². The first kappa shape index (κ1) is 37.8. The largest absolute Gasteiger partial charge is 0.392 e. The van der Waals surface area contributed by atoms with Crippen molar-refractivity contribution in [2.24, 2.45) is 75.7 Å². The van der Waals surface area contributed by atoms with Gasteiger partial charge in [0.15, 0.2) is 0 Å². The van der Waals surface area contributed by atoms with E-state index in [0.29, 0.717) is 59.2 Å². The molecule has 2 aliphatic carbocycles. The van der Waals surface area contributed by atoms with Crippen molar-refractivity contribution in [1.29, 1.82) is 0 Å². The lowest BCUT2D eigenvalue weighted by Crippen LogP contribution is -2.47. The molecule has 0 amide bonds. The van der Waals surface area contributed by atoms with Gasteiger partial charge >= 0.3 is 5.97 Å². The summed E-state index contributed by atoms with van der Waals surface area (Å²) in [4.78, 5) is 18.3. The molecule has 0 spiro atoms. The predicted octanol–water partition coefficient (Wildman–Crippen LogP) is 7.91. The molecule has 7 heteroatoms. The Balaban J connectivity index is 1.55. The molecule has 266 valence electrons. The third kappa shape index (κ3) is 8.95. The summed E-state index contributed by atoms with van der Waals surface area (Å²) in [5.74, 6) is 3.95. The highest BCUT2D eigenvalue weighted by Gasteiger charge is 2.46. The maximum atomic E-state index is 12.8. The monoisotopic (exact) mass is 648 g/mol. The van der Waals surface area contributed by atoms with E-state index in [4.69, 9.17) is 14.3 Å². The van der Waals surface area contributed by atoms with Crippen LogP contribution in [-0.4, -0.2) is 59.5 Å². The van der Waals surface area contributed by atoms with E-state index >= 15 is 0 Å². The minimum absolute atomic E-state index is 0.0157. The topological polar surface area (TPSA) is 97.6 Å². The highest BCUT2D eigenvalue weighted by Crippen LogP contribution is 2.50. The predicted molar refractivity (Wildman–Crippen MR) is 184 cm³/mol. The summed E-state index contributed by atoms with van der Waals surface area (Å²) in [6.45, 7) is 22.7. The van der Waals surface area contributed by atoms with Crippen LogP contribution in [0.15, 0.2) is 5.16 Å². The quantitative estimate of drug-likeness (QED) is 0.158. The molecule has 7 nitrogen and oxygen atoms in total. The molecule has 2 saturated heterocycles. The van der Waals surface area contributed by atoms with Gasteiger partial charge in [-0.2, -0.15) is 0 Å².